The van der Waals surface area contributed by atoms with Gasteiger partial charge in [-0.25, -0.2) is 0 Å². The first-order chi connectivity index (χ1) is 13.6. The minimum atomic E-state index is -0.722. The lowest BCUT2D eigenvalue weighted by molar-refractivity contribution is -0.147. The van der Waals surface area contributed by atoms with Crippen LogP contribution >= 0.6 is 12.6 Å². The van der Waals surface area contributed by atoms with E-state index in [4.69, 9.17) is 17.7 Å². The Morgan fingerprint density at radius 3 is 2.41 bits per heavy atom. The molecule has 1 heterocycles. The molecule has 0 aromatic rings. The maximum Gasteiger partial charge on any atom is 0.309 e. The predicted molar refractivity (Wildman–Crippen MR) is 122 cm³/mol. The van der Waals surface area contributed by atoms with Crippen LogP contribution in [0.5, 0.6) is 0 Å². The average Bonchev–Trinajstić information content (AvgIpc) is 2.69. The summed E-state index contributed by atoms with van der Waals surface area (Å²) in [5, 5.41) is 8.44. The van der Waals surface area contributed by atoms with E-state index in [1.165, 1.54) is 31.3 Å². The molecule has 3 rings (SSSR count). The van der Waals surface area contributed by atoms with Crippen LogP contribution in [0.4, 0.5) is 0 Å². The summed E-state index contributed by atoms with van der Waals surface area (Å²) in [6.07, 6.45) is 15.5. The molecule has 3 unspecified atom stereocenters. The third kappa shape index (κ3) is 7.51. The number of carboxylic acid groups (broad SMARTS) is 1. The quantitative estimate of drug-likeness (QED) is 0.417. The van der Waals surface area contributed by atoms with Crippen LogP contribution in [0.15, 0.2) is 23.8 Å². The smallest absolute Gasteiger partial charge is 0.309 e. The standard InChI is InChI=1S/C13H20S.C6H12O2.C5H8O2/c1-3-12-10(2)7-8-11-6-4-5-9-13(11,12)14;1-4-6(2,3)5(7)8;6-5-3-1-2-4-7-5/h6-8,10,12,14H,3-5,9H2,1-2H3;4H2,1-3H3,(H,7,8);1-4H2. The summed E-state index contributed by atoms with van der Waals surface area (Å²) in [7, 11) is 0. The highest BCUT2D eigenvalue weighted by Gasteiger charge is 2.42. The second-order valence-electron chi connectivity index (χ2n) is 8.93. The Kier molecular flexibility index (Phi) is 10.5. The van der Waals surface area contributed by atoms with E-state index in [0.717, 1.165) is 18.8 Å². The van der Waals surface area contributed by atoms with E-state index >= 15 is 0 Å². The normalized spacial score (nSPS) is 28.5. The highest BCUT2D eigenvalue weighted by molar-refractivity contribution is 7.82. The SMILES string of the molecule is CCC(C)(C)C(=O)O.CCC1C(C)C=CC2=CCCCC21S.O=C1CCCCO1. The predicted octanol–water partition coefficient (Wildman–Crippen LogP) is 6.22. The van der Waals surface area contributed by atoms with Gasteiger partial charge in [0, 0.05) is 11.2 Å². The molecule has 1 N–H and O–H groups in total. The van der Waals surface area contributed by atoms with Crippen LogP contribution in [0.1, 0.15) is 86.0 Å². The highest BCUT2D eigenvalue weighted by Crippen LogP contribution is 2.49. The molecule has 3 aliphatic rings. The molecule has 2 aliphatic carbocycles. The maximum absolute atomic E-state index is 10.3. The molecule has 5 heteroatoms. The number of carboxylic acids is 1. The molecule has 0 radical (unpaired) electrons. The number of esters is 1. The fraction of sp³-hybridized carbons (Fsp3) is 0.750. The Bertz CT molecular complexity index is 600. The Balaban J connectivity index is 0.000000239. The van der Waals surface area contributed by atoms with Gasteiger partial charge in [0.25, 0.3) is 0 Å². The second kappa shape index (κ2) is 11.8. The molecule has 4 nitrogen and oxygen atoms in total. The van der Waals surface area contributed by atoms with Gasteiger partial charge in [-0.2, -0.15) is 12.6 Å². The van der Waals surface area contributed by atoms with E-state index < -0.39 is 11.4 Å². The number of thiol groups is 1. The van der Waals surface area contributed by atoms with Crippen molar-refractivity contribution in [2.75, 3.05) is 6.61 Å². The largest absolute Gasteiger partial charge is 0.481 e. The highest BCUT2D eigenvalue weighted by atomic mass is 32.1. The van der Waals surface area contributed by atoms with Gasteiger partial charge in [0.1, 0.15) is 0 Å². The van der Waals surface area contributed by atoms with Gasteiger partial charge in [-0.3, -0.25) is 9.59 Å². The number of fused-ring (bicyclic) bond motifs is 1. The lowest BCUT2D eigenvalue weighted by Crippen LogP contribution is -2.40. The first kappa shape index (κ1) is 25.8. The average molecular weight is 425 g/mol. The second-order valence-corrected chi connectivity index (χ2v) is 9.73. The van der Waals surface area contributed by atoms with Crippen molar-refractivity contribution in [2.24, 2.45) is 17.3 Å². The summed E-state index contributed by atoms with van der Waals surface area (Å²) in [5.74, 6) is 0.654. The van der Waals surface area contributed by atoms with Crippen LogP contribution < -0.4 is 0 Å². The van der Waals surface area contributed by atoms with Crippen LogP contribution in [-0.4, -0.2) is 28.4 Å². The number of carbonyl (C=O) groups excluding carboxylic acids is 1. The monoisotopic (exact) mass is 424 g/mol. The van der Waals surface area contributed by atoms with Gasteiger partial charge in [-0.1, -0.05) is 45.4 Å². The molecule has 1 fully saturated rings. The van der Waals surface area contributed by atoms with E-state index in [9.17, 15) is 9.59 Å². The van der Waals surface area contributed by atoms with E-state index in [-0.39, 0.29) is 10.7 Å². The van der Waals surface area contributed by atoms with Gasteiger partial charge in [-0.05, 0) is 69.8 Å². The first-order valence-corrected chi connectivity index (χ1v) is 11.5. The summed E-state index contributed by atoms with van der Waals surface area (Å²) in [6, 6.07) is 0. The van der Waals surface area contributed by atoms with Crippen LogP contribution in [0.2, 0.25) is 0 Å². The van der Waals surface area contributed by atoms with Gasteiger partial charge >= 0.3 is 11.9 Å². The van der Waals surface area contributed by atoms with Crippen molar-refractivity contribution in [2.45, 2.75) is 90.7 Å². The van der Waals surface area contributed by atoms with Crippen LogP contribution in [0.25, 0.3) is 0 Å². The Morgan fingerprint density at radius 1 is 1.31 bits per heavy atom. The molecule has 0 saturated carbocycles. The summed E-state index contributed by atoms with van der Waals surface area (Å²) in [4.78, 5) is 20.5. The van der Waals surface area contributed by atoms with Crippen molar-refractivity contribution < 1.29 is 19.4 Å². The number of aliphatic carboxylic acids is 1. The molecular weight excluding hydrogens is 384 g/mol. The molecule has 1 saturated heterocycles. The molecular formula is C24H40O4S. The van der Waals surface area contributed by atoms with Crippen molar-refractivity contribution in [3.63, 3.8) is 0 Å². The molecule has 0 spiro atoms. The van der Waals surface area contributed by atoms with Crippen molar-refractivity contribution >= 4 is 24.6 Å². The zero-order valence-corrected chi connectivity index (χ0v) is 19.8. The summed E-state index contributed by atoms with van der Waals surface area (Å²) >= 11 is 4.99. The first-order valence-electron chi connectivity index (χ1n) is 11.1. The van der Waals surface area contributed by atoms with Gasteiger partial charge in [-0.15, -0.1) is 0 Å². The summed E-state index contributed by atoms with van der Waals surface area (Å²) in [5.41, 5.74) is 0.942. The number of hydrogen-bond acceptors (Lipinski definition) is 4. The Hall–Kier alpha value is -1.23. The van der Waals surface area contributed by atoms with Gasteiger partial charge in [0.15, 0.2) is 0 Å². The van der Waals surface area contributed by atoms with Crippen LogP contribution in [-0.2, 0) is 14.3 Å². The van der Waals surface area contributed by atoms with Crippen molar-refractivity contribution in [1.29, 1.82) is 0 Å². The number of hydrogen-bond donors (Lipinski definition) is 2. The van der Waals surface area contributed by atoms with E-state index in [1.54, 1.807) is 13.8 Å². The van der Waals surface area contributed by atoms with Gasteiger partial charge in [0.05, 0.1) is 12.0 Å². The molecule has 3 atom stereocenters. The molecule has 0 bridgehead atoms. The van der Waals surface area contributed by atoms with Gasteiger partial charge < -0.3 is 9.84 Å². The van der Waals surface area contributed by atoms with Crippen molar-refractivity contribution in [3.05, 3.63) is 23.8 Å². The Labute approximate surface area is 182 Å². The third-order valence-corrected chi connectivity index (χ3v) is 7.21. The number of rotatable bonds is 3. The number of cyclic esters (lactones) is 1. The molecule has 29 heavy (non-hydrogen) atoms. The minimum absolute atomic E-state index is 0.0359. The lowest BCUT2D eigenvalue weighted by Gasteiger charge is -2.45. The van der Waals surface area contributed by atoms with E-state index in [2.05, 4.69) is 36.8 Å². The molecule has 0 amide bonds. The summed E-state index contributed by atoms with van der Waals surface area (Å²) in [6.45, 7) is 10.6. The maximum atomic E-state index is 10.3. The number of carbonyl (C=O) groups is 2. The topological polar surface area (TPSA) is 63.6 Å². The van der Waals surface area contributed by atoms with Crippen molar-refractivity contribution in [3.8, 4) is 0 Å². The molecule has 166 valence electrons. The van der Waals surface area contributed by atoms with Crippen LogP contribution in [0, 0.1) is 17.3 Å². The fourth-order valence-corrected chi connectivity index (χ4v) is 4.62. The van der Waals surface area contributed by atoms with Crippen LogP contribution in [0.3, 0.4) is 0 Å². The van der Waals surface area contributed by atoms with E-state index in [1.807, 2.05) is 6.92 Å². The number of allylic oxidation sites excluding steroid dienone is 3. The van der Waals surface area contributed by atoms with E-state index in [0.29, 0.717) is 25.4 Å². The minimum Gasteiger partial charge on any atom is -0.481 e. The zero-order chi connectivity index (χ0) is 22.1. The molecule has 0 aromatic carbocycles. The van der Waals surface area contributed by atoms with Gasteiger partial charge in [0.2, 0.25) is 0 Å². The number of ether oxygens (including phenoxy) is 1. The fourth-order valence-electron chi connectivity index (χ4n) is 3.88. The van der Waals surface area contributed by atoms with Crippen molar-refractivity contribution in [1.82, 2.24) is 0 Å². The Morgan fingerprint density at radius 2 is 2.00 bits per heavy atom. The third-order valence-electron chi connectivity index (χ3n) is 6.39. The molecule has 1 aliphatic heterocycles. The summed E-state index contributed by atoms with van der Waals surface area (Å²) < 4.78 is 4.82. The lowest BCUT2D eigenvalue weighted by atomic mass is 9.68. The zero-order valence-electron chi connectivity index (χ0n) is 18.9. The molecule has 0 aromatic heterocycles.